The summed E-state index contributed by atoms with van der Waals surface area (Å²) in [5.41, 5.74) is 0. The van der Waals surface area contributed by atoms with E-state index >= 15 is 0 Å². The second-order valence-corrected chi connectivity index (χ2v) is 1.77. The molecule has 0 atom stereocenters. The minimum absolute atomic E-state index is 0. The molecule has 0 unspecified atom stereocenters. The summed E-state index contributed by atoms with van der Waals surface area (Å²) in [6.07, 6.45) is 0. The Bertz CT molecular complexity index is 132. The van der Waals surface area contributed by atoms with E-state index in [4.69, 9.17) is 0 Å². The molecule has 0 N–H and O–H groups in total. The van der Waals surface area contributed by atoms with Crippen LogP contribution in [-0.2, 0) is 29.1 Å². The second kappa shape index (κ2) is 3.56. The van der Waals surface area contributed by atoms with Crippen molar-refractivity contribution in [3.63, 3.8) is 0 Å². The van der Waals surface area contributed by atoms with Gasteiger partial charge in [0, 0.05) is 0 Å². The SMILES string of the molecule is O=S1(=O)OOOO1.[KH]. The average Bonchev–Trinajstić information content (AvgIpc) is 1.84. The van der Waals surface area contributed by atoms with E-state index in [9.17, 15) is 8.42 Å². The molecule has 6 nitrogen and oxygen atoms in total. The zero-order valence-electron chi connectivity index (χ0n) is 2.86. The Hall–Kier alpha value is 1.43. The van der Waals surface area contributed by atoms with Crippen LogP contribution in [0.5, 0.6) is 0 Å². The number of rotatable bonds is 0. The summed E-state index contributed by atoms with van der Waals surface area (Å²) in [6.45, 7) is 0. The van der Waals surface area contributed by atoms with Gasteiger partial charge in [0.05, 0.1) is 0 Å². The monoisotopic (exact) mass is 168 g/mol. The standard InChI is InChI=1S/K.O6S.H/c;1-7(2)5-3-4-6-7;. The molecule has 0 spiro atoms. The maximum atomic E-state index is 9.74. The molecule has 0 saturated carbocycles. The van der Waals surface area contributed by atoms with Crippen molar-refractivity contribution in [2.75, 3.05) is 0 Å². The summed E-state index contributed by atoms with van der Waals surface area (Å²) >= 11 is 0. The Morgan fingerprint density at radius 2 is 1.38 bits per heavy atom. The van der Waals surface area contributed by atoms with Gasteiger partial charge in [-0.05, 0) is 18.7 Å². The van der Waals surface area contributed by atoms with Crippen LogP contribution in [-0.4, -0.2) is 59.8 Å². The van der Waals surface area contributed by atoms with E-state index in [0.717, 1.165) is 0 Å². The molecule has 0 amide bonds. The number of hydrogen-bond donors (Lipinski definition) is 0. The third-order valence-electron chi connectivity index (χ3n) is 0.250. The molecule has 1 aliphatic rings. The summed E-state index contributed by atoms with van der Waals surface area (Å²) in [7, 11) is -3.99. The Labute approximate surface area is 87.6 Å². The van der Waals surface area contributed by atoms with Gasteiger partial charge < -0.3 is 0 Å². The van der Waals surface area contributed by atoms with Gasteiger partial charge >= 0.3 is 61.8 Å². The van der Waals surface area contributed by atoms with Gasteiger partial charge in [-0.1, -0.05) is 0 Å². The molecule has 1 aliphatic heterocycles. The molecule has 8 heteroatoms. The first-order chi connectivity index (χ1) is 3.21. The van der Waals surface area contributed by atoms with Crippen molar-refractivity contribution in [3.8, 4) is 0 Å². The van der Waals surface area contributed by atoms with Gasteiger partial charge in [0.15, 0.2) is 0 Å². The van der Waals surface area contributed by atoms with Crippen molar-refractivity contribution in [1.82, 2.24) is 0 Å². The topological polar surface area (TPSA) is 71.1 Å². The number of hydrogen-bond acceptors (Lipinski definition) is 6. The van der Waals surface area contributed by atoms with Gasteiger partial charge in [0.1, 0.15) is 0 Å². The maximum absolute atomic E-state index is 9.74. The molecule has 1 heterocycles. The quantitative estimate of drug-likeness (QED) is 0.321. The van der Waals surface area contributed by atoms with E-state index in [-0.39, 0.29) is 51.4 Å². The first-order valence-corrected chi connectivity index (χ1v) is 2.50. The summed E-state index contributed by atoms with van der Waals surface area (Å²) in [5.74, 6) is 0. The van der Waals surface area contributed by atoms with Crippen molar-refractivity contribution in [1.29, 1.82) is 0 Å². The molecule has 0 aromatic heterocycles. The van der Waals surface area contributed by atoms with E-state index in [1.54, 1.807) is 0 Å². The van der Waals surface area contributed by atoms with E-state index < -0.39 is 10.4 Å². The third-order valence-corrected chi connectivity index (χ3v) is 0.694. The van der Waals surface area contributed by atoms with Crippen molar-refractivity contribution >= 4 is 61.8 Å². The van der Waals surface area contributed by atoms with E-state index in [1.807, 2.05) is 0 Å². The summed E-state index contributed by atoms with van der Waals surface area (Å²) in [5, 5.41) is 6.70. The summed E-state index contributed by atoms with van der Waals surface area (Å²) in [4.78, 5) is 0. The molecule has 0 aromatic rings. The summed E-state index contributed by atoms with van der Waals surface area (Å²) in [6, 6.07) is 0. The fourth-order valence-electron chi connectivity index (χ4n) is 0.102. The molecule has 1 fully saturated rings. The van der Waals surface area contributed by atoms with E-state index in [1.165, 1.54) is 0 Å². The van der Waals surface area contributed by atoms with Crippen molar-refractivity contribution in [3.05, 3.63) is 0 Å². The van der Waals surface area contributed by atoms with Gasteiger partial charge in [-0.3, -0.25) is 0 Å². The molecular weight excluding hydrogens is 167 g/mol. The van der Waals surface area contributed by atoms with Gasteiger partial charge in [0.25, 0.3) is 0 Å². The molecule has 44 valence electrons. The van der Waals surface area contributed by atoms with Crippen LogP contribution in [0.2, 0.25) is 0 Å². The Kier molecular flexibility index (Phi) is 4.19. The molecule has 0 radical (unpaired) electrons. The molecule has 1 saturated heterocycles. The molecular formula is HKO6S. The van der Waals surface area contributed by atoms with Gasteiger partial charge in [-0.15, -0.1) is 0 Å². The Morgan fingerprint density at radius 3 is 1.50 bits per heavy atom. The van der Waals surface area contributed by atoms with Crippen LogP contribution in [0, 0.1) is 0 Å². The van der Waals surface area contributed by atoms with Crippen molar-refractivity contribution < 1.29 is 27.2 Å². The fourth-order valence-corrected chi connectivity index (χ4v) is 0.306. The molecule has 1 rings (SSSR count). The Balaban J connectivity index is 0.000000490. The predicted molar refractivity (Wildman–Crippen MR) is 20.4 cm³/mol. The average molecular weight is 168 g/mol. The molecule has 0 aromatic carbocycles. The first-order valence-electron chi connectivity index (χ1n) is 1.17. The molecule has 8 heavy (non-hydrogen) atoms. The Morgan fingerprint density at radius 1 is 1.00 bits per heavy atom. The normalized spacial score (nSPS) is 24.5. The van der Waals surface area contributed by atoms with Crippen molar-refractivity contribution in [2.24, 2.45) is 0 Å². The van der Waals surface area contributed by atoms with Gasteiger partial charge in [0.2, 0.25) is 0 Å². The van der Waals surface area contributed by atoms with Crippen LogP contribution in [0.3, 0.4) is 0 Å². The van der Waals surface area contributed by atoms with Gasteiger partial charge in [-0.25, -0.2) is 0 Å². The zero-order valence-corrected chi connectivity index (χ0v) is 3.67. The van der Waals surface area contributed by atoms with Gasteiger partial charge in [-0.2, -0.15) is 8.42 Å². The molecule has 0 aliphatic carbocycles. The first kappa shape index (κ1) is 9.43. The molecule has 0 bridgehead atoms. The van der Waals surface area contributed by atoms with E-state index in [2.05, 4.69) is 18.7 Å². The van der Waals surface area contributed by atoms with Crippen LogP contribution < -0.4 is 0 Å². The van der Waals surface area contributed by atoms with Crippen LogP contribution in [0.25, 0.3) is 0 Å². The zero-order chi connectivity index (χ0) is 5.33. The summed E-state index contributed by atoms with van der Waals surface area (Å²) < 4.78 is 26.2. The third kappa shape index (κ3) is 2.82. The minimum atomic E-state index is -3.99. The van der Waals surface area contributed by atoms with Crippen LogP contribution in [0.15, 0.2) is 0 Å². The van der Waals surface area contributed by atoms with Crippen molar-refractivity contribution in [2.45, 2.75) is 0 Å². The van der Waals surface area contributed by atoms with Crippen LogP contribution >= 0.6 is 0 Å². The fraction of sp³-hybridized carbons (Fsp3) is 0. The predicted octanol–water partition coefficient (Wildman–Crippen LogP) is -1.59. The van der Waals surface area contributed by atoms with E-state index in [0.29, 0.717) is 0 Å². The van der Waals surface area contributed by atoms with Crippen LogP contribution in [0.1, 0.15) is 0 Å². The van der Waals surface area contributed by atoms with Crippen LogP contribution in [0.4, 0.5) is 0 Å². The second-order valence-electron chi connectivity index (χ2n) is 0.680.